The Labute approximate surface area is 208 Å². The summed E-state index contributed by atoms with van der Waals surface area (Å²) < 4.78 is 35.0. The third kappa shape index (κ3) is 6.74. The standard InChI is InChI=1S/C26H27F2N5O3/c1-26(2,3)36-25(34)33-13-10-18(11-14-33)21-16-20(17-7-5-4-6-8-17)31-24(32-21)30-19-9-12-29-22(15-19)35-23(27)28/h4-10,12-13,15-16,18,23H,11,14H2,1-3H3,(H,29,30,31,32). The zero-order valence-electron chi connectivity index (χ0n) is 20.2. The van der Waals surface area contributed by atoms with E-state index in [1.165, 1.54) is 12.3 Å². The van der Waals surface area contributed by atoms with Crippen molar-refractivity contribution in [2.75, 3.05) is 11.9 Å². The van der Waals surface area contributed by atoms with Crippen LogP contribution in [0.1, 0.15) is 38.8 Å². The summed E-state index contributed by atoms with van der Waals surface area (Å²) in [6.07, 6.45) is 5.23. The van der Waals surface area contributed by atoms with Gasteiger partial charge in [0.2, 0.25) is 11.8 Å². The molecule has 2 aromatic heterocycles. The highest BCUT2D eigenvalue weighted by Gasteiger charge is 2.25. The van der Waals surface area contributed by atoms with Crippen LogP contribution in [0.5, 0.6) is 5.88 Å². The SMILES string of the molecule is CC(C)(C)OC(=O)N1C=CC(c2cc(-c3ccccc3)nc(Nc3ccnc(OC(F)F)c3)n2)CC1. The Balaban J connectivity index is 1.61. The van der Waals surface area contributed by atoms with Crippen LogP contribution in [0.2, 0.25) is 0 Å². The smallest absolute Gasteiger partial charge is 0.414 e. The molecule has 1 amide bonds. The molecular formula is C26H27F2N5O3. The average Bonchev–Trinajstić information content (AvgIpc) is 2.83. The first-order valence-electron chi connectivity index (χ1n) is 11.5. The summed E-state index contributed by atoms with van der Waals surface area (Å²) in [5.41, 5.74) is 2.23. The van der Waals surface area contributed by atoms with Crippen LogP contribution in [0.15, 0.2) is 67.0 Å². The number of pyridine rings is 1. The van der Waals surface area contributed by atoms with E-state index >= 15 is 0 Å². The average molecular weight is 496 g/mol. The van der Waals surface area contributed by atoms with Crippen molar-refractivity contribution in [3.63, 3.8) is 0 Å². The van der Waals surface area contributed by atoms with Gasteiger partial charge in [-0.2, -0.15) is 8.78 Å². The molecule has 0 aliphatic carbocycles. The number of allylic oxidation sites excluding steroid dienone is 1. The zero-order valence-corrected chi connectivity index (χ0v) is 20.2. The van der Waals surface area contributed by atoms with Crippen LogP contribution in [0, 0.1) is 0 Å². The van der Waals surface area contributed by atoms with Gasteiger partial charge in [0, 0.05) is 42.2 Å². The minimum atomic E-state index is -2.98. The van der Waals surface area contributed by atoms with Gasteiger partial charge in [0.05, 0.1) is 11.4 Å². The number of carbonyl (C=O) groups is 1. The van der Waals surface area contributed by atoms with Gasteiger partial charge in [-0.1, -0.05) is 36.4 Å². The number of nitrogens with one attached hydrogen (secondary N) is 1. The van der Waals surface area contributed by atoms with E-state index in [4.69, 9.17) is 4.74 Å². The topological polar surface area (TPSA) is 89.5 Å². The van der Waals surface area contributed by atoms with Gasteiger partial charge in [-0.15, -0.1) is 0 Å². The van der Waals surface area contributed by atoms with Crippen LogP contribution in [-0.2, 0) is 4.74 Å². The Morgan fingerprint density at radius 3 is 2.58 bits per heavy atom. The molecule has 10 heteroatoms. The molecule has 0 radical (unpaired) electrons. The van der Waals surface area contributed by atoms with Crippen molar-refractivity contribution in [3.05, 3.63) is 72.7 Å². The lowest BCUT2D eigenvalue weighted by Gasteiger charge is -2.29. The molecule has 188 valence electrons. The molecule has 0 bridgehead atoms. The van der Waals surface area contributed by atoms with Gasteiger partial charge < -0.3 is 14.8 Å². The van der Waals surface area contributed by atoms with Crippen molar-refractivity contribution in [1.82, 2.24) is 19.9 Å². The molecule has 3 aromatic rings. The monoisotopic (exact) mass is 495 g/mol. The molecule has 3 heterocycles. The normalized spacial score (nSPS) is 15.6. The highest BCUT2D eigenvalue weighted by Crippen LogP contribution is 2.30. The van der Waals surface area contributed by atoms with Crippen LogP contribution in [0.4, 0.5) is 25.2 Å². The number of benzene rings is 1. The Kier molecular flexibility index (Phi) is 7.42. The number of anilines is 2. The molecule has 8 nitrogen and oxygen atoms in total. The van der Waals surface area contributed by atoms with Crippen molar-refractivity contribution < 1.29 is 23.0 Å². The second-order valence-corrected chi connectivity index (χ2v) is 9.16. The molecular weight excluding hydrogens is 468 g/mol. The van der Waals surface area contributed by atoms with Gasteiger partial charge in [-0.25, -0.2) is 19.7 Å². The van der Waals surface area contributed by atoms with Crippen molar-refractivity contribution in [1.29, 1.82) is 0 Å². The van der Waals surface area contributed by atoms with Crippen molar-refractivity contribution in [3.8, 4) is 17.1 Å². The molecule has 0 spiro atoms. The number of nitrogens with zero attached hydrogens (tertiary/aromatic N) is 4. The van der Waals surface area contributed by atoms with E-state index in [2.05, 4.69) is 25.0 Å². The summed E-state index contributed by atoms with van der Waals surface area (Å²) in [6.45, 7) is 2.98. The second-order valence-electron chi connectivity index (χ2n) is 9.16. The van der Waals surface area contributed by atoms with Gasteiger partial charge in [0.1, 0.15) is 5.60 Å². The summed E-state index contributed by atoms with van der Waals surface area (Å²) >= 11 is 0. The first kappa shape index (κ1) is 25.0. The van der Waals surface area contributed by atoms with E-state index < -0.39 is 18.3 Å². The fourth-order valence-electron chi connectivity index (χ4n) is 3.62. The molecule has 1 atom stereocenters. The number of rotatable bonds is 6. The number of alkyl halides is 2. The zero-order chi connectivity index (χ0) is 25.7. The first-order chi connectivity index (χ1) is 17.2. The number of hydrogen-bond acceptors (Lipinski definition) is 7. The third-order valence-electron chi connectivity index (χ3n) is 5.20. The Bertz CT molecular complexity index is 1230. The van der Waals surface area contributed by atoms with E-state index in [-0.39, 0.29) is 11.8 Å². The molecule has 4 rings (SSSR count). The second kappa shape index (κ2) is 10.7. The molecule has 0 saturated carbocycles. The molecule has 1 aliphatic heterocycles. The maximum atomic E-state index is 12.6. The van der Waals surface area contributed by atoms with Crippen molar-refractivity contribution in [2.24, 2.45) is 0 Å². The summed E-state index contributed by atoms with van der Waals surface area (Å²) in [5, 5.41) is 3.06. The summed E-state index contributed by atoms with van der Waals surface area (Å²) in [5.74, 6) is 0.0141. The molecule has 36 heavy (non-hydrogen) atoms. The van der Waals surface area contributed by atoms with Crippen LogP contribution in [0.3, 0.4) is 0 Å². The van der Waals surface area contributed by atoms with Crippen LogP contribution >= 0.6 is 0 Å². The van der Waals surface area contributed by atoms with Gasteiger partial charge >= 0.3 is 12.7 Å². The van der Waals surface area contributed by atoms with Crippen LogP contribution in [0.25, 0.3) is 11.3 Å². The summed E-state index contributed by atoms with van der Waals surface area (Å²) in [6, 6.07) is 14.5. The van der Waals surface area contributed by atoms with E-state index in [9.17, 15) is 13.6 Å². The maximum Gasteiger partial charge on any atom is 0.414 e. The fourth-order valence-corrected chi connectivity index (χ4v) is 3.62. The Morgan fingerprint density at radius 1 is 1.14 bits per heavy atom. The minimum Gasteiger partial charge on any atom is -0.443 e. The number of hydrogen-bond donors (Lipinski definition) is 1. The number of aromatic nitrogens is 3. The number of halogens is 2. The number of amides is 1. The first-order valence-corrected chi connectivity index (χ1v) is 11.5. The van der Waals surface area contributed by atoms with E-state index in [0.29, 0.717) is 30.3 Å². The molecule has 0 saturated heterocycles. The van der Waals surface area contributed by atoms with E-state index in [1.807, 2.05) is 63.2 Å². The highest BCUT2D eigenvalue weighted by atomic mass is 19.3. The predicted molar refractivity (Wildman–Crippen MR) is 131 cm³/mol. The van der Waals surface area contributed by atoms with Gasteiger partial charge in [0.25, 0.3) is 0 Å². The third-order valence-corrected chi connectivity index (χ3v) is 5.20. The Hall–Kier alpha value is -4.08. The number of carbonyl (C=O) groups excluding carboxylic acids is 1. The lowest BCUT2D eigenvalue weighted by atomic mass is 9.97. The van der Waals surface area contributed by atoms with Gasteiger partial charge in [-0.3, -0.25) is 4.90 Å². The molecule has 1 aliphatic rings. The molecule has 1 aromatic carbocycles. The maximum absolute atomic E-state index is 12.6. The number of ether oxygens (including phenoxy) is 2. The Morgan fingerprint density at radius 2 is 1.92 bits per heavy atom. The van der Waals surface area contributed by atoms with Gasteiger partial charge in [0.15, 0.2) is 0 Å². The lowest BCUT2D eigenvalue weighted by Crippen LogP contribution is -2.36. The predicted octanol–water partition coefficient (Wildman–Crippen LogP) is 6.12. The summed E-state index contributed by atoms with van der Waals surface area (Å²) in [4.78, 5) is 27.0. The van der Waals surface area contributed by atoms with Gasteiger partial charge in [-0.05, 0) is 39.3 Å². The van der Waals surface area contributed by atoms with E-state index in [0.717, 1.165) is 11.3 Å². The van der Waals surface area contributed by atoms with Crippen LogP contribution < -0.4 is 10.1 Å². The quantitative estimate of drug-likeness (QED) is 0.440. The fraction of sp³-hybridized carbons (Fsp3) is 0.308. The van der Waals surface area contributed by atoms with E-state index in [1.54, 1.807) is 17.2 Å². The molecule has 1 unspecified atom stereocenters. The summed E-state index contributed by atoms with van der Waals surface area (Å²) in [7, 11) is 0. The van der Waals surface area contributed by atoms with Crippen LogP contribution in [-0.4, -0.2) is 44.7 Å². The van der Waals surface area contributed by atoms with Crippen molar-refractivity contribution in [2.45, 2.75) is 45.3 Å². The largest absolute Gasteiger partial charge is 0.443 e. The minimum absolute atomic E-state index is 0.0649. The molecule has 1 N–H and O–H groups in total. The highest BCUT2D eigenvalue weighted by molar-refractivity contribution is 5.69. The molecule has 0 fully saturated rings. The van der Waals surface area contributed by atoms with Crippen molar-refractivity contribution >= 4 is 17.7 Å². The lowest BCUT2D eigenvalue weighted by molar-refractivity contribution is -0.0528.